The highest BCUT2D eigenvalue weighted by Gasteiger charge is 2.26. The summed E-state index contributed by atoms with van der Waals surface area (Å²) in [4.78, 5) is 36.6. The molecule has 0 aromatic heterocycles. The van der Waals surface area contributed by atoms with E-state index in [0.717, 1.165) is 5.75 Å². The van der Waals surface area contributed by atoms with E-state index in [1.165, 1.54) is 24.3 Å². The quantitative estimate of drug-likeness (QED) is 0.450. The molecule has 0 radical (unpaired) electrons. The minimum absolute atomic E-state index is 0.0928. The van der Waals surface area contributed by atoms with Crippen molar-refractivity contribution in [3.8, 4) is 11.5 Å². The third kappa shape index (κ3) is 4.67. The van der Waals surface area contributed by atoms with Crippen LogP contribution in [0.15, 0.2) is 72.8 Å². The van der Waals surface area contributed by atoms with Gasteiger partial charge in [-0.3, -0.25) is 19.7 Å². The number of amides is 2. The molecule has 0 saturated carbocycles. The van der Waals surface area contributed by atoms with Gasteiger partial charge in [-0.15, -0.1) is 0 Å². The summed E-state index contributed by atoms with van der Waals surface area (Å²) in [6, 6.07) is 19.6. The molecule has 1 N–H and O–H groups in total. The normalized spacial score (nSPS) is 12.5. The zero-order valence-corrected chi connectivity index (χ0v) is 16.9. The molecule has 162 valence electrons. The van der Waals surface area contributed by atoms with E-state index in [-0.39, 0.29) is 23.8 Å². The molecule has 0 saturated heterocycles. The lowest BCUT2D eigenvalue weighted by molar-refractivity contribution is -0.384. The zero-order chi connectivity index (χ0) is 22.5. The van der Waals surface area contributed by atoms with Gasteiger partial charge in [0.25, 0.3) is 17.5 Å². The summed E-state index contributed by atoms with van der Waals surface area (Å²) < 4.78 is 11.2. The Morgan fingerprint density at radius 3 is 2.56 bits per heavy atom. The summed E-state index contributed by atoms with van der Waals surface area (Å²) >= 11 is 0. The predicted molar refractivity (Wildman–Crippen MR) is 117 cm³/mol. The number of nitrogens with one attached hydrogen (secondary N) is 1. The number of anilines is 2. The molecule has 3 aromatic carbocycles. The molecular weight excluding hydrogens is 414 g/mol. The van der Waals surface area contributed by atoms with Crippen LogP contribution in [-0.4, -0.2) is 36.5 Å². The molecule has 0 unspecified atom stereocenters. The number of carbonyl (C=O) groups is 2. The Hall–Kier alpha value is -4.40. The number of hydrogen-bond donors (Lipinski definition) is 1. The summed E-state index contributed by atoms with van der Waals surface area (Å²) in [5.41, 5.74) is 1.25. The molecule has 4 rings (SSSR count). The summed E-state index contributed by atoms with van der Waals surface area (Å²) in [7, 11) is 0. The Labute approximate surface area is 183 Å². The molecular formula is C23H19N3O6. The number of rotatable bonds is 7. The highest BCUT2D eigenvalue weighted by Crippen LogP contribution is 2.34. The van der Waals surface area contributed by atoms with Gasteiger partial charge in [-0.05, 0) is 36.4 Å². The average molecular weight is 433 g/mol. The zero-order valence-electron chi connectivity index (χ0n) is 16.9. The van der Waals surface area contributed by atoms with Crippen LogP contribution in [0.2, 0.25) is 0 Å². The molecule has 2 amide bonds. The van der Waals surface area contributed by atoms with E-state index in [1.54, 1.807) is 23.1 Å². The molecule has 0 aliphatic carbocycles. The molecule has 9 heteroatoms. The van der Waals surface area contributed by atoms with Crippen molar-refractivity contribution in [2.24, 2.45) is 0 Å². The molecule has 0 atom stereocenters. The first-order valence-electron chi connectivity index (χ1n) is 9.82. The molecule has 0 fully saturated rings. The monoisotopic (exact) mass is 433 g/mol. The number of ether oxygens (including phenoxy) is 2. The van der Waals surface area contributed by atoms with E-state index in [9.17, 15) is 19.7 Å². The van der Waals surface area contributed by atoms with Gasteiger partial charge < -0.3 is 19.7 Å². The highest BCUT2D eigenvalue weighted by atomic mass is 16.6. The van der Waals surface area contributed by atoms with Crippen molar-refractivity contribution in [2.45, 2.75) is 0 Å². The molecule has 1 heterocycles. The van der Waals surface area contributed by atoms with Gasteiger partial charge in [0, 0.05) is 29.4 Å². The second-order valence-electron chi connectivity index (χ2n) is 6.94. The summed E-state index contributed by atoms with van der Waals surface area (Å²) in [5.74, 6) is 0.584. The van der Waals surface area contributed by atoms with Crippen LogP contribution in [0.4, 0.5) is 17.1 Å². The van der Waals surface area contributed by atoms with Crippen molar-refractivity contribution in [3.63, 3.8) is 0 Å². The summed E-state index contributed by atoms with van der Waals surface area (Å²) in [6.45, 7) is 0.546. The van der Waals surface area contributed by atoms with Crippen LogP contribution < -0.4 is 19.7 Å². The Bertz CT molecular complexity index is 1150. The number of benzene rings is 3. The fraction of sp³-hybridized carbons (Fsp3) is 0.130. The molecule has 0 bridgehead atoms. The van der Waals surface area contributed by atoms with E-state index in [0.29, 0.717) is 30.3 Å². The van der Waals surface area contributed by atoms with Gasteiger partial charge in [0.1, 0.15) is 18.1 Å². The molecule has 9 nitrogen and oxygen atoms in total. The van der Waals surface area contributed by atoms with Crippen LogP contribution >= 0.6 is 0 Å². The van der Waals surface area contributed by atoms with Crippen molar-refractivity contribution in [2.75, 3.05) is 30.0 Å². The molecule has 1 aliphatic heterocycles. The van der Waals surface area contributed by atoms with Gasteiger partial charge in [-0.1, -0.05) is 18.2 Å². The van der Waals surface area contributed by atoms with Gasteiger partial charge in [-0.2, -0.15) is 0 Å². The summed E-state index contributed by atoms with van der Waals surface area (Å²) in [6.07, 6.45) is 0. The second kappa shape index (κ2) is 9.17. The van der Waals surface area contributed by atoms with Crippen LogP contribution in [0.3, 0.4) is 0 Å². The first kappa shape index (κ1) is 20.9. The maximum atomic E-state index is 12.5. The lowest BCUT2D eigenvalue weighted by Crippen LogP contribution is -2.41. The summed E-state index contributed by atoms with van der Waals surface area (Å²) in [5, 5.41) is 13.5. The Morgan fingerprint density at radius 1 is 1.09 bits per heavy atom. The first-order valence-corrected chi connectivity index (χ1v) is 9.82. The van der Waals surface area contributed by atoms with Crippen LogP contribution in [0.25, 0.3) is 0 Å². The third-order valence-corrected chi connectivity index (χ3v) is 4.83. The van der Waals surface area contributed by atoms with Gasteiger partial charge in [0.05, 0.1) is 17.2 Å². The van der Waals surface area contributed by atoms with Gasteiger partial charge in [-0.25, -0.2) is 0 Å². The first-order chi connectivity index (χ1) is 15.5. The maximum Gasteiger partial charge on any atom is 0.269 e. The maximum absolute atomic E-state index is 12.5. The minimum Gasteiger partial charge on any atom is -0.492 e. The number of hydrogen-bond acceptors (Lipinski definition) is 6. The van der Waals surface area contributed by atoms with Crippen molar-refractivity contribution in [3.05, 3.63) is 88.5 Å². The van der Waals surface area contributed by atoms with E-state index in [4.69, 9.17) is 9.47 Å². The van der Waals surface area contributed by atoms with Crippen molar-refractivity contribution >= 4 is 28.9 Å². The number of carbonyl (C=O) groups excluding carboxylic acids is 2. The van der Waals surface area contributed by atoms with Gasteiger partial charge in [0.15, 0.2) is 6.61 Å². The predicted octanol–water partition coefficient (Wildman–Crippen LogP) is 3.65. The van der Waals surface area contributed by atoms with Crippen LogP contribution in [0, 0.1) is 10.1 Å². The van der Waals surface area contributed by atoms with Crippen LogP contribution in [0.1, 0.15) is 10.4 Å². The number of nitrogens with zero attached hydrogens (tertiary/aromatic N) is 2. The van der Waals surface area contributed by atoms with Gasteiger partial charge in [0.2, 0.25) is 0 Å². The largest absolute Gasteiger partial charge is 0.492 e. The fourth-order valence-electron chi connectivity index (χ4n) is 3.24. The molecule has 3 aromatic rings. The molecule has 0 spiro atoms. The van der Waals surface area contributed by atoms with Gasteiger partial charge >= 0.3 is 0 Å². The lowest BCUT2D eigenvalue weighted by Gasteiger charge is -2.29. The average Bonchev–Trinajstić information content (AvgIpc) is 2.81. The minimum atomic E-state index is -0.527. The Kier molecular flexibility index (Phi) is 5.98. The third-order valence-electron chi connectivity index (χ3n) is 4.83. The topological polar surface area (TPSA) is 111 Å². The second-order valence-corrected chi connectivity index (χ2v) is 6.94. The Balaban J connectivity index is 1.43. The van der Waals surface area contributed by atoms with E-state index >= 15 is 0 Å². The lowest BCUT2D eigenvalue weighted by atomic mass is 10.1. The van der Waals surface area contributed by atoms with Crippen LogP contribution in [0.5, 0.6) is 11.5 Å². The standard InChI is InChI=1S/C23H19N3O6/c27-22-15-32-21-14-17(24-23(28)16-6-9-18(10-7-16)26(29)30)8-11-20(21)25(22)12-13-31-19-4-2-1-3-5-19/h1-11,14H,12-13,15H2,(H,24,28). The van der Waals surface area contributed by atoms with Crippen molar-refractivity contribution in [1.82, 2.24) is 0 Å². The Morgan fingerprint density at radius 2 is 1.84 bits per heavy atom. The van der Waals surface area contributed by atoms with Crippen molar-refractivity contribution in [1.29, 1.82) is 0 Å². The smallest absolute Gasteiger partial charge is 0.269 e. The van der Waals surface area contributed by atoms with E-state index in [1.807, 2.05) is 30.3 Å². The number of para-hydroxylation sites is 1. The molecule has 1 aliphatic rings. The van der Waals surface area contributed by atoms with E-state index < -0.39 is 10.8 Å². The number of fused-ring (bicyclic) bond motifs is 1. The number of nitro benzene ring substituents is 1. The fourth-order valence-corrected chi connectivity index (χ4v) is 3.24. The number of non-ortho nitro benzene ring substituents is 1. The van der Waals surface area contributed by atoms with E-state index in [2.05, 4.69) is 5.32 Å². The SMILES string of the molecule is O=C(Nc1ccc2c(c1)OCC(=O)N2CCOc1ccccc1)c1ccc([N+](=O)[O-])cc1. The molecule has 32 heavy (non-hydrogen) atoms. The number of nitro groups is 1. The van der Waals surface area contributed by atoms with Crippen LogP contribution in [-0.2, 0) is 4.79 Å². The van der Waals surface area contributed by atoms with Crippen molar-refractivity contribution < 1.29 is 24.0 Å². The highest BCUT2D eigenvalue weighted by molar-refractivity contribution is 6.05.